The van der Waals surface area contributed by atoms with Crippen LogP contribution in [0.1, 0.15) is 0 Å². The van der Waals surface area contributed by atoms with Crippen LogP contribution in [-0.4, -0.2) is 15.5 Å². The molecule has 0 aliphatic rings. The van der Waals surface area contributed by atoms with Crippen LogP contribution in [0.2, 0.25) is 0 Å². The van der Waals surface area contributed by atoms with E-state index in [9.17, 15) is 12.3 Å². The smallest absolute Gasteiger partial charge is 0.332 e. The van der Waals surface area contributed by atoms with Gasteiger partial charge in [0, 0.05) is 12.7 Å². The van der Waals surface area contributed by atoms with E-state index in [1.807, 2.05) is 0 Å². The topological polar surface area (TPSA) is 46.2 Å². The Morgan fingerprint density at radius 1 is 1.23 bits per heavy atom. The molecule has 0 aromatic heterocycles. The van der Waals surface area contributed by atoms with E-state index in [1.165, 1.54) is 24.3 Å². The average Bonchev–Trinajstić information content (AvgIpc) is 2.03. The Bertz CT molecular complexity index is 363. The first kappa shape index (κ1) is 12.2. The summed E-state index contributed by atoms with van der Waals surface area (Å²) >= 11 is 0. The van der Waals surface area contributed by atoms with Gasteiger partial charge >= 0.3 is 10.2 Å². The van der Waals surface area contributed by atoms with Crippen molar-refractivity contribution in [3.63, 3.8) is 0 Å². The Labute approximate surface area is 82.6 Å². The van der Waals surface area contributed by atoms with Crippen LogP contribution in [-0.2, 0) is 10.2 Å². The fourth-order valence-electron chi connectivity index (χ4n) is 0.784. The molecule has 13 heavy (non-hydrogen) atoms. The van der Waals surface area contributed by atoms with Gasteiger partial charge in [-0.25, -0.2) is 0 Å². The molecule has 1 rings (SSSR count). The summed E-state index contributed by atoms with van der Waals surface area (Å²) < 4.78 is 33.0. The number of nitrogens with one attached hydrogen (secondary N) is 1. The lowest BCUT2D eigenvalue weighted by Gasteiger charge is -1.98. The van der Waals surface area contributed by atoms with Crippen molar-refractivity contribution in [3.8, 4) is 0 Å². The van der Waals surface area contributed by atoms with Gasteiger partial charge in [-0.3, -0.25) is 0 Å². The van der Waals surface area contributed by atoms with E-state index in [4.69, 9.17) is 0 Å². The average molecular weight is 226 g/mol. The zero-order valence-electron chi connectivity index (χ0n) is 6.82. The molecule has 0 amide bonds. The molecular formula is C7H9ClFNO2S. The summed E-state index contributed by atoms with van der Waals surface area (Å²) in [6.45, 7) is 0. The largest absolute Gasteiger partial charge is 0.388 e. The van der Waals surface area contributed by atoms with Gasteiger partial charge in [-0.1, -0.05) is 0 Å². The predicted octanol–water partition coefficient (Wildman–Crippen LogP) is 1.81. The Morgan fingerprint density at radius 3 is 2.00 bits per heavy atom. The minimum atomic E-state index is -4.56. The molecule has 0 bridgehead atoms. The van der Waals surface area contributed by atoms with Crippen LogP contribution in [0.3, 0.4) is 0 Å². The Morgan fingerprint density at radius 2 is 1.69 bits per heavy atom. The van der Waals surface area contributed by atoms with Crippen molar-refractivity contribution in [3.05, 3.63) is 24.3 Å². The van der Waals surface area contributed by atoms with Gasteiger partial charge in [-0.15, -0.1) is 16.3 Å². The molecule has 0 saturated heterocycles. The quantitative estimate of drug-likeness (QED) is 0.781. The first-order valence-electron chi connectivity index (χ1n) is 3.26. The summed E-state index contributed by atoms with van der Waals surface area (Å²) in [6, 6.07) is 5.40. The second kappa shape index (κ2) is 4.43. The van der Waals surface area contributed by atoms with Crippen molar-refractivity contribution >= 4 is 28.3 Å². The van der Waals surface area contributed by atoms with E-state index in [0.717, 1.165) is 5.69 Å². The predicted molar refractivity (Wildman–Crippen MR) is 51.5 cm³/mol. The first-order chi connectivity index (χ1) is 5.54. The normalized spacial score (nSPS) is 10.3. The Hall–Kier alpha value is -0.810. The lowest BCUT2D eigenvalue weighted by Crippen LogP contribution is -1.92. The van der Waals surface area contributed by atoms with E-state index in [-0.39, 0.29) is 17.3 Å². The summed E-state index contributed by atoms with van der Waals surface area (Å²) in [6.07, 6.45) is 0. The molecule has 0 aliphatic heterocycles. The fourth-order valence-corrected chi connectivity index (χ4v) is 1.25. The molecule has 1 aromatic rings. The molecule has 6 heteroatoms. The van der Waals surface area contributed by atoms with Gasteiger partial charge in [0.05, 0.1) is 4.90 Å². The number of anilines is 1. The molecule has 1 aromatic carbocycles. The van der Waals surface area contributed by atoms with Gasteiger partial charge in [0.2, 0.25) is 0 Å². The number of hydrogen-bond donors (Lipinski definition) is 1. The van der Waals surface area contributed by atoms with E-state index in [1.54, 1.807) is 7.05 Å². The SMILES string of the molecule is CNc1ccc(S(=O)(=O)F)cc1.Cl. The number of rotatable bonds is 2. The molecule has 1 N–H and O–H groups in total. The third-order valence-corrected chi connectivity index (χ3v) is 2.26. The maximum Gasteiger partial charge on any atom is 0.332 e. The van der Waals surface area contributed by atoms with Crippen molar-refractivity contribution in [2.24, 2.45) is 0 Å². The summed E-state index contributed by atoms with van der Waals surface area (Å²) in [4.78, 5) is -0.318. The van der Waals surface area contributed by atoms with Gasteiger partial charge in [0.15, 0.2) is 0 Å². The Kier molecular flexibility index (Phi) is 4.16. The fraction of sp³-hybridized carbons (Fsp3) is 0.143. The molecule has 0 spiro atoms. The summed E-state index contributed by atoms with van der Waals surface area (Å²) in [5, 5.41) is 2.79. The van der Waals surface area contributed by atoms with Crippen LogP contribution in [0.4, 0.5) is 9.57 Å². The molecule has 0 atom stereocenters. The van der Waals surface area contributed by atoms with Crippen LogP contribution in [0.5, 0.6) is 0 Å². The molecule has 0 heterocycles. The summed E-state index contributed by atoms with van der Waals surface area (Å²) in [5.74, 6) is 0. The molecule has 0 unspecified atom stereocenters. The van der Waals surface area contributed by atoms with Gasteiger partial charge < -0.3 is 5.32 Å². The number of hydrogen-bond acceptors (Lipinski definition) is 3. The first-order valence-corrected chi connectivity index (χ1v) is 4.65. The second-order valence-corrected chi connectivity index (χ2v) is 3.56. The lowest BCUT2D eigenvalue weighted by molar-refractivity contribution is 0.552. The zero-order valence-corrected chi connectivity index (χ0v) is 8.45. The van der Waals surface area contributed by atoms with Crippen LogP contribution < -0.4 is 5.32 Å². The highest BCUT2D eigenvalue weighted by Gasteiger charge is 2.09. The third kappa shape index (κ3) is 3.20. The van der Waals surface area contributed by atoms with E-state index < -0.39 is 10.2 Å². The summed E-state index contributed by atoms with van der Waals surface area (Å²) in [5.41, 5.74) is 0.738. The van der Waals surface area contributed by atoms with Crippen molar-refractivity contribution in [2.45, 2.75) is 4.90 Å². The van der Waals surface area contributed by atoms with Crippen molar-refractivity contribution in [1.82, 2.24) is 0 Å². The molecule has 0 saturated carbocycles. The second-order valence-electron chi connectivity index (χ2n) is 2.21. The molecule has 74 valence electrons. The van der Waals surface area contributed by atoms with Gasteiger partial charge in [0.1, 0.15) is 0 Å². The zero-order chi connectivity index (χ0) is 9.19. The number of benzene rings is 1. The van der Waals surface area contributed by atoms with Crippen molar-refractivity contribution in [1.29, 1.82) is 0 Å². The third-order valence-electron chi connectivity index (χ3n) is 1.42. The Balaban J connectivity index is 0.00000144. The highest BCUT2D eigenvalue weighted by molar-refractivity contribution is 7.86. The van der Waals surface area contributed by atoms with Gasteiger partial charge in [-0.2, -0.15) is 8.42 Å². The van der Waals surface area contributed by atoms with Crippen LogP contribution in [0, 0.1) is 0 Å². The van der Waals surface area contributed by atoms with E-state index in [2.05, 4.69) is 5.32 Å². The minimum Gasteiger partial charge on any atom is -0.388 e. The minimum absolute atomic E-state index is 0. The molecule has 0 aliphatic carbocycles. The highest BCUT2D eigenvalue weighted by atomic mass is 35.5. The molecule has 3 nitrogen and oxygen atoms in total. The maximum absolute atomic E-state index is 12.3. The van der Waals surface area contributed by atoms with Crippen LogP contribution in [0.15, 0.2) is 29.2 Å². The molecular weight excluding hydrogens is 217 g/mol. The van der Waals surface area contributed by atoms with Crippen LogP contribution in [0.25, 0.3) is 0 Å². The number of halogens is 2. The monoisotopic (exact) mass is 225 g/mol. The van der Waals surface area contributed by atoms with E-state index >= 15 is 0 Å². The highest BCUT2D eigenvalue weighted by Crippen LogP contribution is 2.14. The standard InChI is InChI=1S/C7H8FNO2S.ClH/c1-9-6-2-4-7(5-3-6)12(8,10)11;/h2-5,9H,1H3;1H. The summed E-state index contributed by atoms with van der Waals surface area (Å²) in [7, 11) is -2.86. The lowest BCUT2D eigenvalue weighted by atomic mass is 10.3. The van der Waals surface area contributed by atoms with Gasteiger partial charge in [-0.05, 0) is 24.3 Å². The molecule has 0 radical (unpaired) electrons. The van der Waals surface area contributed by atoms with Gasteiger partial charge in [0.25, 0.3) is 0 Å². The van der Waals surface area contributed by atoms with Crippen molar-refractivity contribution in [2.75, 3.05) is 12.4 Å². The van der Waals surface area contributed by atoms with E-state index in [0.29, 0.717) is 0 Å². The van der Waals surface area contributed by atoms with Crippen molar-refractivity contribution < 1.29 is 12.3 Å². The maximum atomic E-state index is 12.3. The molecule has 0 fully saturated rings. The van der Waals surface area contributed by atoms with Crippen LogP contribution >= 0.6 is 12.4 Å².